The minimum atomic E-state index is -0.218. The summed E-state index contributed by atoms with van der Waals surface area (Å²) in [5, 5.41) is 0. The van der Waals surface area contributed by atoms with Crippen molar-refractivity contribution >= 4 is 11.8 Å². The molecule has 3 atom stereocenters. The van der Waals surface area contributed by atoms with Crippen LogP contribution in [0, 0.1) is 17.8 Å². The van der Waals surface area contributed by atoms with Crippen LogP contribution in [0.15, 0.2) is 24.3 Å². The Kier molecular flexibility index (Phi) is 6.29. The monoisotopic (exact) mass is 346 g/mol. The average molecular weight is 346 g/mol. The molecular formula is C20H30N2O3. The molecule has 2 amide bonds. The van der Waals surface area contributed by atoms with E-state index in [2.05, 4.69) is 24.3 Å². The Hall–Kier alpha value is -1.62. The molecule has 2 aliphatic carbocycles. The third-order valence-corrected chi connectivity index (χ3v) is 5.68. The third-order valence-electron chi connectivity index (χ3n) is 5.68. The van der Waals surface area contributed by atoms with E-state index < -0.39 is 0 Å². The molecule has 1 fully saturated rings. The first-order valence-electron chi connectivity index (χ1n) is 9.58. The van der Waals surface area contributed by atoms with Crippen LogP contribution in [0.25, 0.3) is 0 Å². The summed E-state index contributed by atoms with van der Waals surface area (Å²) in [6, 6.07) is 0. The number of rotatable bonds is 4. The van der Waals surface area contributed by atoms with Gasteiger partial charge in [0, 0.05) is 26.7 Å². The van der Waals surface area contributed by atoms with Gasteiger partial charge < -0.3 is 14.5 Å². The highest BCUT2D eigenvalue weighted by Crippen LogP contribution is 2.30. The van der Waals surface area contributed by atoms with Crippen molar-refractivity contribution in [2.75, 3.05) is 39.9 Å². The van der Waals surface area contributed by atoms with Gasteiger partial charge in [0.15, 0.2) is 0 Å². The smallest absolute Gasteiger partial charge is 0.226 e. The summed E-state index contributed by atoms with van der Waals surface area (Å²) < 4.78 is 5.35. The van der Waals surface area contributed by atoms with Crippen LogP contribution in [-0.4, -0.2) is 61.5 Å². The van der Waals surface area contributed by atoms with E-state index in [1.165, 1.54) is 0 Å². The van der Waals surface area contributed by atoms with E-state index in [-0.39, 0.29) is 23.7 Å². The Balaban J connectivity index is 1.62. The standard InChI is InChI=1S/C20H30N2O3/c1-21(15-16-7-3-2-4-8-16)19(23)17-9-5-6-10-18(17)20(24)22-11-13-25-14-12-22/h2-3,5-6,16-18H,4,7-15H2,1H3/t16-,17+,18-/m1/s1. The molecule has 0 N–H and O–H groups in total. The molecule has 0 radical (unpaired) electrons. The molecule has 1 aliphatic heterocycles. The fourth-order valence-electron chi connectivity index (χ4n) is 4.16. The number of carbonyl (C=O) groups excluding carboxylic acids is 2. The van der Waals surface area contributed by atoms with Crippen LogP contribution in [0.2, 0.25) is 0 Å². The molecule has 5 heteroatoms. The minimum absolute atomic E-state index is 0.125. The highest BCUT2D eigenvalue weighted by atomic mass is 16.5. The summed E-state index contributed by atoms with van der Waals surface area (Å²) in [6.45, 7) is 3.28. The number of amides is 2. The summed E-state index contributed by atoms with van der Waals surface area (Å²) in [5.74, 6) is 0.366. The van der Waals surface area contributed by atoms with Crippen LogP contribution in [0.3, 0.4) is 0 Å². The summed E-state index contributed by atoms with van der Waals surface area (Å²) in [7, 11) is 1.90. The van der Waals surface area contributed by atoms with Crippen molar-refractivity contribution in [3.8, 4) is 0 Å². The van der Waals surface area contributed by atoms with E-state index in [1.54, 1.807) is 0 Å². The molecule has 138 valence electrons. The van der Waals surface area contributed by atoms with Crippen molar-refractivity contribution in [1.29, 1.82) is 0 Å². The van der Waals surface area contributed by atoms with Gasteiger partial charge >= 0.3 is 0 Å². The first-order chi connectivity index (χ1) is 12.2. The van der Waals surface area contributed by atoms with Crippen molar-refractivity contribution in [2.45, 2.75) is 32.1 Å². The van der Waals surface area contributed by atoms with Gasteiger partial charge in [0.2, 0.25) is 11.8 Å². The third kappa shape index (κ3) is 4.51. The summed E-state index contributed by atoms with van der Waals surface area (Å²) in [4.78, 5) is 29.7. The van der Waals surface area contributed by atoms with E-state index >= 15 is 0 Å². The zero-order chi connectivity index (χ0) is 17.6. The average Bonchev–Trinajstić information content (AvgIpc) is 2.68. The zero-order valence-electron chi connectivity index (χ0n) is 15.2. The Morgan fingerprint density at radius 3 is 2.40 bits per heavy atom. The molecule has 3 aliphatic rings. The molecule has 0 bridgehead atoms. The van der Waals surface area contributed by atoms with Gasteiger partial charge in [-0.25, -0.2) is 0 Å². The topological polar surface area (TPSA) is 49.9 Å². The van der Waals surface area contributed by atoms with Crippen LogP contribution in [0.4, 0.5) is 0 Å². The van der Waals surface area contributed by atoms with Gasteiger partial charge in [0.25, 0.3) is 0 Å². The molecule has 25 heavy (non-hydrogen) atoms. The van der Waals surface area contributed by atoms with Crippen LogP contribution in [0.1, 0.15) is 32.1 Å². The van der Waals surface area contributed by atoms with Gasteiger partial charge in [0.1, 0.15) is 0 Å². The lowest BCUT2D eigenvalue weighted by atomic mass is 9.80. The molecular weight excluding hydrogens is 316 g/mol. The number of allylic oxidation sites excluding steroid dienone is 4. The summed E-state index contributed by atoms with van der Waals surface area (Å²) in [6.07, 6.45) is 13.2. The van der Waals surface area contributed by atoms with Crippen molar-refractivity contribution in [3.63, 3.8) is 0 Å². The summed E-state index contributed by atoms with van der Waals surface area (Å²) >= 11 is 0. The number of nitrogens with zero attached hydrogens (tertiary/aromatic N) is 2. The second-order valence-electron chi connectivity index (χ2n) is 7.46. The van der Waals surface area contributed by atoms with Crippen LogP contribution in [-0.2, 0) is 14.3 Å². The highest BCUT2D eigenvalue weighted by molar-refractivity contribution is 5.88. The molecule has 3 rings (SSSR count). The second kappa shape index (κ2) is 8.65. The number of hydrogen-bond donors (Lipinski definition) is 0. The summed E-state index contributed by atoms with van der Waals surface area (Å²) in [5.41, 5.74) is 0. The Morgan fingerprint density at radius 2 is 1.72 bits per heavy atom. The fourth-order valence-corrected chi connectivity index (χ4v) is 4.16. The van der Waals surface area contributed by atoms with E-state index in [1.807, 2.05) is 16.8 Å². The van der Waals surface area contributed by atoms with Gasteiger partial charge in [0.05, 0.1) is 25.0 Å². The van der Waals surface area contributed by atoms with E-state index in [0.29, 0.717) is 45.1 Å². The lowest BCUT2D eigenvalue weighted by Gasteiger charge is -2.36. The quantitative estimate of drug-likeness (QED) is 0.734. The number of morpholine rings is 1. The van der Waals surface area contributed by atoms with E-state index in [0.717, 1.165) is 25.8 Å². The Labute approximate surface area is 150 Å². The lowest BCUT2D eigenvalue weighted by Crippen LogP contribution is -2.49. The predicted molar refractivity (Wildman–Crippen MR) is 96.9 cm³/mol. The maximum absolute atomic E-state index is 13.0. The zero-order valence-corrected chi connectivity index (χ0v) is 15.2. The molecule has 1 heterocycles. The minimum Gasteiger partial charge on any atom is -0.378 e. The van der Waals surface area contributed by atoms with Crippen molar-refractivity contribution in [2.24, 2.45) is 17.8 Å². The lowest BCUT2D eigenvalue weighted by molar-refractivity contribution is -0.148. The molecule has 0 aromatic heterocycles. The van der Waals surface area contributed by atoms with Gasteiger partial charge in [-0.15, -0.1) is 0 Å². The Bertz CT molecular complexity index is 537. The van der Waals surface area contributed by atoms with Crippen molar-refractivity contribution < 1.29 is 14.3 Å². The van der Waals surface area contributed by atoms with Crippen molar-refractivity contribution in [3.05, 3.63) is 24.3 Å². The van der Waals surface area contributed by atoms with Gasteiger partial charge in [-0.05, 0) is 38.0 Å². The molecule has 1 saturated heterocycles. The number of carbonyl (C=O) groups is 2. The molecule has 0 spiro atoms. The molecule has 0 unspecified atom stereocenters. The van der Waals surface area contributed by atoms with E-state index in [4.69, 9.17) is 4.74 Å². The molecule has 0 aromatic rings. The van der Waals surface area contributed by atoms with Crippen molar-refractivity contribution in [1.82, 2.24) is 9.80 Å². The number of hydrogen-bond acceptors (Lipinski definition) is 3. The van der Waals surface area contributed by atoms with Gasteiger partial charge in [-0.1, -0.05) is 24.3 Å². The van der Waals surface area contributed by atoms with Crippen LogP contribution in [0.5, 0.6) is 0 Å². The Morgan fingerprint density at radius 1 is 1.04 bits per heavy atom. The van der Waals surface area contributed by atoms with Crippen LogP contribution < -0.4 is 0 Å². The molecule has 0 saturated carbocycles. The van der Waals surface area contributed by atoms with Gasteiger partial charge in [-0.3, -0.25) is 9.59 Å². The van der Waals surface area contributed by atoms with E-state index in [9.17, 15) is 9.59 Å². The maximum Gasteiger partial charge on any atom is 0.226 e. The normalized spacial score (nSPS) is 29.5. The van der Waals surface area contributed by atoms with Gasteiger partial charge in [-0.2, -0.15) is 0 Å². The second-order valence-corrected chi connectivity index (χ2v) is 7.46. The maximum atomic E-state index is 13.0. The largest absolute Gasteiger partial charge is 0.378 e. The first kappa shape index (κ1) is 18.2. The predicted octanol–water partition coefficient (Wildman–Crippen LogP) is 2.24. The number of ether oxygens (including phenoxy) is 1. The molecule has 5 nitrogen and oxygen atoms in total. The highest BCUT2D eigenvalue weighted by Gasteiger charge is 2.38. The van der Waals surface area contributed by atoms with Crippen LogP contribution >= 0.6 is 0 Å². The fraction of sp³-hybridized carbons (Fsp3) is 0.700. The molecule has 0 aromatic carbocycles. The first-order valence-corrected chi connectivity index (χ1v) is 9.58. The SMILES string of the molecule is CN(C[C@@H]1CC=CCC1)C(=O)[C@H]1CC=CC[C@H]1C(=O)N1CCOCC1.